The van der Waals surface area contributed by atoms with E-state index >= 15 is 0 Å². The van der Waals surface area contributed by atoms with Crippen LogP contribution in [-0.2, 0) is 9.59 Å². The normalized spacial score (nSPS) is 24.7. The standard InChI is InChI=1S/C16H17F2NO3/c1-8(16(21)22)19(9-5-6-9)15(20)11-7-10(11)14-12(17)3-2-4-13(14)18/h2-4,8-11H,5-7H2,1H3,(H,21,22). The third kappa shape index (κ3) is 2.58. The van der Waals surface area contributed by atoms with E-state index in [1.165, 1.54) is 30.0 Å². The van der Waals surface area contributed by atoms with Gasteiger partial charge < -0.3 is 10.0 Å². The highest BCUT2D eigenvalue weighted by Crippen LogP contribution is 2.51. The van der Waals surface area contributed by atoms with Gasteiger partial charge in [-0.25, -0.2) is 13.6 Å². The average Bonchev–Trinajstić information content (AvgIpc) is 3.32. The number of hydrogen-bond acceptors (Lipinski definition) is 2. The molecule has 3 unspecified atom stereocenters. The molecule has 2 aliphatic carbocycles. The molecule has 0 saturated heterocycles. The monoisotopic (exact) mass is 309 g/mol. The Bertz CT molecular complexity index is 610. The Hall–Kier alpha value is -1.98. The molecular weight excluding hydrogens is 292 g/mol. The van der Waals surface area contributed by atoms with Crippen LogP contribution in [0.5, 0.6) is 0 Å². The van der Waals surface area contributed by atoms with Crippen molar-refractivity contribution < 1.29 is 23.5 Å². The van der Waals surface area contributed by atoms with Crippen LogP contribution in [-0.4, -0.2) is 34.0 Å². The van der Waals surface area contributed by atoms with Gasteiger partial charge in [0.25, 0.3) is 0 Å². The minimum Gasteiger partial charge on any atom is -0.480 e. The zero-order valence-electron chi connectivity index (χ0n) is 12.1. The maximum atomic E-state index is 13.8. The maximum Gasteiger partial charge on any atom is 0.326 e. The summed E-state index contributed by atoms with van der Waals surface area (Å²) >= 11 is 0. The number of hydrogen-bond donors (Lipinski definition) is 1. The second kappa shape index (κ2) is 5.34. The highest BCUT2D eigenvalue weighted by Gasteiger charge is 2.51. The molecule has 0 radical (unpaired) electrons. The fourth-order valence-corrected chi connectivity index (χ4v) is 3.00. The summed E-state index contributed by atoms with van der Waals surface area (Å²) in [6.45, 7) is 1.47. The van der Waals surface area contributed by atoms with Crippen LogP contribution in [0.4, 0.5) is 8.78 Å². The SMILES string of the molecule is CC(C(=O)O)N(C(=O)C1CC1c1c(F)cccc1F)C1CC1. The van der Waals surface area contributed by atoms with Gasteiger partial charge in [-0.2, -0.15) is 0 Å². The number of halogens is 2. The Morgan fingerprint density at radius 2 is 1.86 bits per heavy atom. The zero-order chi connectivity index (χ0) is 16.0. The Balaban J connectivity index is 1.78. The molecule has 0 bridgehead atoms. The molecule has 6 heteroatoms. The van der Waals surface area contributed by atoms with E-state index < -0.39 is 35.5 Å². The molecule has 22 heavy (non-hydrogen) atoms. The van der Waals surface area contributed by atoms with Crippen LogP contribution in [0.1, 0.15) is 37.7 Å². The molecule has 2 saturated carbocycles. The highest BCUT2D eigenvalue weighted by atomic mass is 19.1. The first-order valence-electron chi connectivity index (χ1n) is 7.40. The van der Waals surface area contributed by atoms with Crippen LogP contribution >= 0.6 is 0 Å². The van der Waals surface area contributed by atoms with Crippen molar-refractivity contribution in [2.24, 2.45) is 5.92 Å². The van der Waals surface area contributed by atoms with E-state index in [0.717, 1.165) is 12.8 Å². The van der Waals surface area contributed by atoms with E-state index in [0.29, 0.717) is 6.42 Å². The summed E-state index contributed by atoms with van der Waals surface area (Å²) in [7, 11) is 0. The third-order valence-electron chi connectivity index (χ3n) is 4.45. The summed E-state index contributed by atoms with van der Waals surface area (Å²) in [4.78, 5) is 25.1. The van der Waals surface area contributed by atoms with Gasteiger partial charge in [0.1, 0.15) is 17.7 Å². The summed E-state index contributed by atoms with van der Waals surface area (Å²) in [5.74, 6) is -3.67. The first kappa shape index (κ1) is 14.9. The molecule has 2 fully saturated rings. The minimum absolute atomic E-state index is 0.0506. The number of rotatable bonds is 5. The quantitative estimate of drug-likeness (QED) is 0.909. The summed E-state index contributed by atoms with van der Waals surface area (Å²) in [5.41, 5.74) is -0.0559. The first-order valence-corrected chi connectivity index (χ1v) is 7.40. The van der Waals surface area contributed by atoms with Crippen molar-refractivity contribution in [2.45, 2.75) is 44.2 Å². The van der Waals surface area contributed by atoms with E-state index in [9.17, 15) is 18.4 Å². The van der Waals surface area contributed by atoms with Crippen molar-refractivity contribution in [3.8, 4) is 0 Å². The van der Waals surface area contributed by atoms with Crippen molar-refractivity contribution in [3.05, 3.63) is 35.4 Å². The van der Waals surface area contributed by atoms with Crippen LogP contribution in [0.3, 0.4) is 0 Å². The first-order chi connectivity index (χ1) is 10.4. The molecule has 1 aromatic rings. The Morgan fingerprint density at radius 3 is 2.36 bits per heavy atom. The van der Waals surface area contributed by atoms with Gasteiger partial charge >= 0.3 is 5.97 Å². The number of benzene rings is 1. The predicted molar refractivity (Wildman–Crippen MR) is 74.2 cm³/mol. The smallest absolute Gasteiger partial charge is 0.326 e. The van der Waals surface area contributed by atoms with Crippen LogP contribution in [0.25, 0.3) is 0 Å². The topological polar surface area (TPSA) is 57.6 Å². The lowest BCUT2D eigenvalue weighted by Gasteiger charge is -2.26. The number of amides is 1. The number of aliphatic carboxylic acids is 1. The lowest BCUT2D eigenvalue weighted by atomic mass is 10.1. The minimum atomic E-state index is -1.06. The van der Waals surface area contributed by atoms with Gasteiger partial charge in [0.2, 0.25) is 5.91 Å². The largest absolute Gasteiger partial charge is 0.480 e. The third-order valence-corrected chi connectivity index (χ3v) is 4.45. The van der Waals surface area contributed by atoms with Gasteiger partial charge in [0.05, 0.1) is 0 Å². The van der Waals surface area contributed by atoms with Crippen molar-refractivity contribution in [2.75, 3.05) is 0 Å². The van der Waals surface area contributed by atoms with Crippen molar-refractivity contribution >= 4 is 11.9 Å². The molecule has 0 heterocycles. The molecule has 1 amide bonds. The average molecular weight is 309 g/mol. The fraction of sp³-hybridized carbons (Fsp3) is 0.500. The number of carboxylic acids is 1. The number of nitrogens with zero attached hydrogens (tertiary/aromatic N) is 1. The van der Waals surface area contributed by atoms with Gasteiger partial charge in [0.15, 0.2) is 0 Å². The van der Waals surface area contributed by atoms with E-state index in [2.05, 4.69) is 0 Å². The number of carbonyl (C=O) groups is 2. The highest BCUT2D eigenvalue weighted by molar-refractivity contribution is 5.88. The van der Waals surface area contributed by atoms with E-state index in [1.54, 1.807) is 0 Å². The fourth-order valence-electron chi connectivity index (χ4n) is 3.00. The molecule has 118 valence electrons. The summed E-state index contributed by atoms with van der Waals surface area (Å²) in [6.07, 6.45) is 1.94. The lowest BCUT2D eigenvalue weighted by molar-refractivity contribution is -0.150. The van der Waals surface area contributed by atoms with Crippen molar-refractivity contribution in [3.63, 3.8) is 0 Å². The molecule has 0 spiro atoms. The van der Waals surface area contributed by atoms with Gasteiger partial charge in [-0.3, -0.25) is 4.79 Å². The van der Waals surface area contributed by atoms with Gasteiger partial charge in [0, 0.05) is 23.4 Å². The molecule has 1 aromatic carbocycles. The number of carbonyl (C=O) groups excluding carboxylic acids is 1. The van der Waals surface area contributed by atoms with Gasteiger partial charge in [-0.1, -0.05) is 6.07 Å². The molecule has 0 aliphatic heterocycles. The molecule has 2 aliphatic rings. The maximum absolute atomic E-state index is 13.8. The van der Waals surface area contributed by atoms with E-state index in [4.69, 9.17) is 5.11 Å². The second-order valence-electron chi connectivity index (χ2n) is 6.07. The molecule has 0 aromatic heterocycles. The Kier molecular flexibility index (Phi) is 3.62. The van der Waals surface area contributed by atoms with Crippen LogP contribution in [0.2, 0.25) is 0 Å². The lowest BCUT2D eigenvalue weighted by Crippen LogP contribution is -2.45. The molecule has 4 nitrogen and oxygen atoms in total. The van der Waals surface area contributed by atoms with Gasteiger partial charge in [-0.15, -0.1) is 0 Å². The van der Waals surface area contributed by atoms with Crippen LogP contribution in [0.15, 0.2) is 18.2 Å². The molecule has 3 atom stereocenters. The molecule has 3 rings (SSSR count). The van der Waals surface area contributed by atoms with E-state index in [-0.39, 0.29) is 17.5 Å². The predicted octanol–water partition coefficient (Wildman–Crippen LogP) is 2.53. The van der Waals surface area contributed by atoms with Crippen molar-refractivity contribution in [1.82, 2.24) is 4.90 Å². The molecular formula is C16H17F2NO3. The second-order valence-corrected chi connectivity index (χ2v) is 6.07. The van der Waals surface area contributed by atoms with Crippen LogP contribution in [0, 0.1) is 17.6 Å². The number of carboxylic acid groups (broad SMARTS) is 1. The summed E-state index contributed by atoms with van der Waals surface area (Å²) in [5, 5.41) is 9.14. The molecule has 1 N–H and O–H groups in total. The zero-order valence-corrected chi connectivity index (χ0v) is 12.1. The van der Waals surface area contributed by atoms with E-state index in [1.807, 2.05) is 0 Å². The van der Waals surface area contributed by atoms with Crippen molar-refractivity contribution in [1.29, 1.82) is 0 Å². The van der Waals surface area contributed by atoms with Gasteiger partial charge in [-0.05, 0) is 38.3 Å². The Morgan fingerprint density at radius 1 is 1.27 bits per heavy atom. The Labute approximate surface area is 126 Å². The summed E-state index contributed by atoms with van der Waals surface area (Å²) in [6, 6.07) is 2.68. The summed E-state index contributed by atoms with van der Waals surface area (Å²) < 4.78 is 27.6. The van der Waals surface area contributed by atoms with Crippen LogP contribution < -0.4 is 0 Å².